The maximum Gasteiger partial charge on any atom is 0.107 e. The molecule has 2 nitrogen and oxygen atoms in total. The van der Waals surface area contributed by atoms with Gasteiger partial charge in [-0.15, -0.1) is 0 Å². The third kappa shape index (κ3) is 4.78. The third-order valence-electron chi connectivity index (χ3n) is 4.90. The van der Waals surface area contributed by atoms with Crippen LogP contribution in [0.4, 0.5) is 0 Å². The van der Waals surface area contributed by atoms with Gasteiger partial charge in [0.05, 0.1) is 0 Å². The molecule has 0 saturated heterocycles. The number of hydrogen-bond acceptors (Lipinski definition) is 2. The topological polar surface area (TPSA) is 29.4 Å². The molecule has 0 bridgehead atoms. The largest absolute Gasteiger partial charge is 0.150 e. The van der Waals surface area contributed by atoms with Crippen LogP contribution in [0.2, 0.25) is 0 Å². The van der Waals surface area contributed by atoms with Crippen molar-refractivity contribution in [1.82, 2.24) is 0 Å². The van der Waals surface area contributed by atoms with E-state index in [4.69, 9.17) is 0 Å². The zero-order chi connectivity index (χ0) is 18.4. The Kier molecular flexibility index (Phi) is 6.92. The van der Waals surface area contributed by atoms with Gasteiger partial charge in [0.1, 0.15) is 6.04 Å². The summed E-state index contributed by atoms with van der Waals surface area (Å²) in [6.07, 6.45) is 8.80. The summed E-state index contributed by atoms with van der Waals surface area (Å²) >= 11 is 0. The first kappa shape index (κ1) is 19.4. The highest BCUT2D eigenvalue weighted by molar-refractivity contribution is 5.84. The van der Waals surface area contributed by atoms with Gasteiger partial charge in [-0.2, -0.15) is 4.91 Å². The number of nitroso groups, excluding NO2 is 1. The molecule has 0 saturated carbocycles. The quantitative estimate of drug-likeness (QED) is 0.372. The van der Waals surface area contributed by atoms with Gasteiger partial charge in [-0.3, -0.25) is 0 Å². The lowest BCUT2D eigenvalue weighted by Gasteiger charge is -2.06. The third-order valence-corrected chi connectivity index (χ3v) is 4.90. The molecule has 0 fully saturated rings. The van der Waals surface area contributed by atoms with Gasteiger partial charge in [0.2, 0.25) is 0 Å². The smallest absolute Gasteiger partial charge is 0.107 e. The molecule has 0 heterocycles. The van der Waals surface area contributed by atoms with Crippen LogP contribution >= 0.6 is 0 Å². The normalized spacial score (nSPS) is 13.0. The summed E-state index contributed by atoms with van der Waals surface area (Å²) in [6, 6.07) is 8.85. The van der Waals surface area contributed by atoms with E-state index >= 15 is 0 Å². The molecule has 0 aromatic carbocycles. The number of hydrogen-bond donors (Lipinski definition) is 0. The molecule has 0 spiro atoms. The van der Waals surface area contributed by atoms with Crippen molar-refractivity contribution in [3.8, 4) is 11.1 Å². The SMILES string of the molecule is CCCCCc1cc(C=CC(C)N=O)c2cc(C(C)C)ccc(C)c1-2. The average molecular weight is 338 g/mol. The van der Waals surface area contributed by atoms with Crippen LogP contribution in [0, 0.1) is 11.8 Å². The van der Waals surface area contributed by atoms with E-state index in [0.29, 0.717) is 5.92 Å². The minimum Gasteiger partial charge on any atom is -0.150 e. The van der Waals surface area contributed by atoms with Crippen LogP contribution in [0.15, 0.2) is 35.5 Å². The number of aryl methyl sites for hydroxylation is 2. The van der Waals surface area contributed by atoms with Crippen LogP contribution in [0.3, 0.4) is 0 Å². The lowest BCUT2D eigenvalue weighted by molar-refractivity contribution is 0.719. The van der Waals surface area contributed by atoms with E-state index in [-0.39, 0.29) is 6.04 Å². The molecule has 1 atom stereocenters. The lowest BCUT2D eigenvalue weighted by Crippen LogP contribution is -1.88. The lowest BCUT2D eigenvalue weighted by atomic mass is 9.98. The van der Waals surface area contributed by atoms with Crippen molar-refractivity contribution >= 4 is 6.08 Å². The maximum atomic E-state index is 10.7. The standard InChI is InChI=1S/C23H31NO/c1-6-7-8-9-21-14-20(13-11-18(5)24-25)22-15-19(16(2)3)12-10-17(4)23(21)22/h10-16,18H,6-9H2,1-5H3. The predicted octanol–water partition coefficient (Wildman–Crippen LogP) is 7.12. The second-order valence-electron chi connectivity index (χ2n) is 7.39. The van der Waals surface area contributed by atoms with Crippen LogP contribution in [-0.4, -0.2) is 6.04 Å². The van der Waals surface area contributed by atoms with E-state index in [2.05, 4.69) is 63.2 Å². The van der Waals surface area contributed by atoms with Gasteiger partial charge in [-0.05, 0) is 66.0 Å². The number of rotatable bonds is 8. The Morgan fingerprint density at radius 1 is 1.12 bits per heavy atom. The van der Waals surface area contributed by atoms with Crippen molar-refractivity contribution in [2.45, 2.75) is 72.3 Å². The predicted molar refractivity (Wildman–Crippen MR) is 109 cm³/mol. The minimum absolute atomic E-state index is 0.295. The zero-order valence-corrected chi connectivity index (χ0v) is 16.3. The van der Waals surface area contributed by atoms with E-state index < -0.39 is 0 Å². The zero-order valence-electron chi connectivity index (χ0n) is 16.3. The second kappa shape index (κ2) is 8.94. The molecular formula is C23H31NO. The summed E-state index contributed by atoms with van der Waals surface area (Å²) in [5.74, 6) is 0.487. The molecule has 0 aromatic rings. The minimum atomic E-state index is -0.295. The van der Waals surface area contributed by atoms with Gasteiger partial charge in [-0.1, -0.05) is 75.2 Å². The fourth-order valence-electron chi connectivity index (χ4n) is 3.33. The van der Waals surface area contributed by atoms with Crippen molar-refractivity contribution in [2.75, 3.05) is 0 Å². The van der Waals surface area contributed by atoms with Crippen LogP contribution in [0.1, 0.15) is 75.1 Å². The highest BCUT2D eigenvalue weighted by Gasteiger charge is 2.17. The Balaban J connectivity index is 2.56. The van der Waals surface area contributed by atoms with Crippen molar-refractivity contribution in [1.29, 1.82) is 0 Å². The van der Waals surface area contributed by atoms with Gasteiger partial charge in [0, 0.05) is 0 Å². The van der Waals surface area contributed by atoms with E-state index in [1.807, 2.05) is 13.0 Å². The summed E-state index contributed by atoms with van der Waals surface area (Å²) in [7, 11) is 0. The highest BCUT2D eigenvalue weighted by Crippen LogP contribution is 2.38. The Hall–Kier alpha value is -1.96. The van der Waals surface area contributed by atoms with Gasteiger partial charge in [-0.25, -0.2) is 0 Å². The van der Waals surface area contributed by atoms with Crippen molar-refractivity contribution in [3.63, 3.8) is 0 Å². The summed E-state index contributed by atoms with van der Waals surface area (Å²) in [4.78, 5) is 10.7. The molecule has 0 amide bonds. The molecule has 2 aliphatic carbocycles. The number of unbranched alkanes of at least 4 members (excludes halogenated alkanes) is 2. The summed E-state index contributed by atoms with van der Waals surface area (Å²) in [5, 5.41) is 3.09. The monoisotopic (exact) mass is 337 g/mol. The Labute approximate surface area is 152 Å². The first-order chi connectivity index (χ1) is 12.0. The van der Waals surface area contributed by atoms with E-state index in [0.717, 1.165) is 6.42 Å². The summed E-state index contributed by atoms with van der Waals surface area (Å²) < 4.78 is 0. The first-order valence-electron chi connectivity index (χ1n) is 9.54. The molecule has 2 heteroatoms. The number of fused-ring (bicyclic) bond motifs is 1. The van der Waals surface area contributed by atoms with E-state index in [9.17, 15) is 4.91 Å². The van der Waals surface area contributed by atoms with Gasteiger partial charge in [0.25, 0.3) is 0 Å². The number of nitrogens with zero attached hydrogens (tertiary/aromatic N) is 1. The first-order valence-corrected chi connectivity index (χ1v) is 9.54. The van der Waals surface area contributed by atoms with Crippen LogP contribution in [-0.2, 0) is 6.42 Å². The van der Waals surface area contributed by atoms with Crippen LogP contribution in [0.25, 0.3) is 17.2 Å². The van der Waals surface area contributed by atoms with E-state index in [1.54, 1.807) is 0 Å². The Bertz CT molecular complexity index is 715. The Morgan fingerprint density at radius 3 is 2.52 bits per heavy atom. The molecule has 0 aliphatic heterocycles. The van der Waals surface area contributed by atoms with Crippen LogP contribution < -0.4 is 0 Å². The van der Waals surface area contributed by atoms with Gasteiger partial charge in [0.15, 0.2) is 0 Å². The average Bonchev–Trinajstić information content (AvgIpc) is 2.82. The molecule has 0 aromatic heterocycles. The summed E-state index contributed by atoms with van der Waals surface area (Å²) in [6.45, 7) is 10.7. The fourth-order valence-corrected chi connectivity index (χ4v) is 3.33. The molecule has 25 heavy (non-hydrogen) atoms. The van der Waals surface area contributed by atoms with Gasteiger partial charge < -0.3 is 0 Å². The second-order valence-corrected chi connectivity index (χ2v) is 7.39. The maximum absolute atomic E-state index is 10.7. The molecule has 0 radical (unpaired) electrons. The van der Waals surface area contributed by atoms with Crippen molar-refractivity contribution in [3.05, 3.63) is 57.5 Å². The molecule has 1 unspecified atom stereocenters. The molecule has 134 valence electrons. The summed E-state index contributed by atoms with van der Waals surface area (Å²) in [5.41, 5.74) is 7.99. The van der Waals surface area contributed by atoms with Crippen molar-refractivity contribution in [2.24, 2.45) is 5.18 Å². The van der Waals surface area contributed by atoms with Gasteiger partial charge >= 0.3 is 0 Å². The van der Waals surface area contributed by atoms with Crippen LogP contribution in [0.5, 0.6) is 0 Å². The molecular weight excluding hydrogens is 306 g/mol. The highest BCUT2D eigenvalue weighted by atomic mass is 16.3. The van der Waals surface area contributed by atoms with Crippen molar-refractivity contribution < 1.29 is 0 Å². The van der Waals surface area contributed by atoms with E-state index in [1.165, 1.54) is 52.6 Å². The molecule has 2 rings (SSSR count). The molecule has 2 aliphatic rings. The fraction of sp³-hybridized carbons (Fsp3) is 0.478. The molecule has 0 N–H and O–H groups in total. The Morgan fingerprint density at radius 2 is 1.88 bits per heavy atom.